The molecule has 5 heteroatoms. The third-order valence-electron chi connectivity index (χ3n) is 7.18. The lowest BCUT2D eigenvalue weighted by atomic mass is 9.46. The van der Waals surface area contributed by atoms with Gasteiger partial charge in [0.2, 0.25) is 0 Å². The molecule has 0 spiro atoms. The number of carbonyl (C=O) groups is 2. The molecule has 0 radical (unpaired) electrons. The van der Waals surface area contributed by atoms with E-state index in [-0.39, 0.29) is 34.7 Å². The largest absolute Gasteiger partial charge is 0.478 e. The first-order chi connectivity index (χ1) is 11.5. The summed E-state index contributed by atoms with van der Waals surface area (Å²) >= 11 is 0. The van der Waals surface area contributed by atoms with Crippen molar-refractivity contribution in [3.63, 3.8) is 0 Å². The summed E-state index contributed by atoms with van der Waals surface area (Å²) in [4.78, 5) is 22.3. The van der Waals surface area contributed by atoms with Crippen molar-refractivity contribution < 1.29 is 24.9 Å². The zero-order valence-electron chi connectivity index (χ0n) is 15.6. The van der Waals surface area contributed by atoms with Gasteiger partial charge in [-0.2, -0.15) is 0 Å². The van der Waals surface area contributed by atoms with Crippen molar-refractivity contribution in [1.82, 2.24) is 0 Å². The fourth-order valence-corrected chi connectivity index (χ4v) is 5.18. The van der Waals surface area contributed by atoms with Crippen LogP contribution < -0.4 is 0 Å². The van der Waals surface area contributed by atoms with Gasteiger partial charge < -0.3 is 15.3 Å². The summed E-state index contributed by atoms with van der Waals surface area (Å²) in [7, 11) is 0. The molecular weight excluding hydrogens is 320 g/mol. The summed E-state index contributed by atoms with van der Waals surface area (Å²) in [5.74, 6) is -1.90. The lowest BCUT2D eigenvalue weighted by Crippen LogP contribution is -2.56. The minimum atomic E-state index is -1.23. The van der Waals surface area contributed by atoms with Gasteiger partial charge in [-0.05, 0) is 56.3 Å². The highest BCUT2D eigenvalue weighted by Gasteiger charge is 2.57. The maximum Gasteiger partial charge on any atom is 0.331 e. The summed E-state index contributed by atoms with van der Waals surface area (Å²) in [5.41, 5.74) is 0.724. The Hall–Kier alpha value is -1.62. The van der Waals surface area contributed by atoms with Gasteiger partial charge >= 0.3 is 11.9 Å². The molecule has 0 bridgehead atoms. The Labute approximate surface area is 149 Å². The monoisotopic (exact) mass is 350 g/mol. The summed E-state index contributed by atoms with van der Waals surface area (Å²) in [6.45, 7) is 8.52. The van der Waals surface area contributed by atoms with Gasteiger partial charge in [0.05, 0.1) is 6.10 Å². The van der Waals surface area contributed by atoms with Crippen LogP contribution in [-0.4, -0.2) is 33.4 Å². The summed E-state index contributed by atoms with van der Waals surface area (Å²) < 4.78 is 0. The summed E-state index contributed by atoms with van der Waals surface area (Å²) in [6.07, 6.45) is 6.08. The molecule has 3 N–H and O–H groups in total. The van der Waals surface area contributed by atoms with E-state index in [9.17, 15) is 19.8 Å². The molecule has 25 heavy (non-hydrogen) atoms. The van der Waals surface area contributed by atoms with Crippen molar-refractivity contribution in [3.05, 3.63) is 23.3 Å². The van der Waals surface area contributed by atoms with E-state index in [2.05, 4.69) is 33.8 Å². The van der Waals surface area contributed by atoms with Gasteiger partial charge in [-0.1, -0.05) is 32.4 Å². The fraction of sp³-hybridized carbons (Fsp3) is 0.700. The number of allylic oxidation sites excluding steroid dienone is 1. The molecule has 0 aliphatic heterocycles. The Morgan fingerprint density at radius 3 is 2.52 bits per heavy atom. The second-order valence-electron chi connectivity index (χ2n) is 8.27. The highest BCUT2D eigenvalue weighted by molar-refractivity contribution is 5.94. The maximum absolute atomic E-state index is 11.4. The average molecular weight is 350 g/mol. The highest BCUT2D eigenvalue weighted by atomic mass is 16.4. The zero-order valence-corrected chi connectivity index (χ0v) is 15.6. The van der Waals surface area contributed by atoms with E-state index < -0.39 is 18.0 Å². The van der Waals surface area contributed by atoms with E-state index in [1.165, 1.54) is 5.57 Å². The molecule has 0 aromatic heterocycles. The van der Waals surface area contributed by atoms with E-state index in [0.717, 1.165) is 18.9 Å². The minimum Gasteiger partial charge on any atom is -0.478 e. The van der Waals surface area contributed by atoms with E-state index >= 15 is 0 Å². The molecule has 2 aliphatic rings. The van der Waals surface area contributed by atoms with Crippen LogP contribution in [0.15, 0.2) is 23.3 Å². The number of hydrogen-bond acceptors (Lipinski definition) is 3. The molecule has 0 aromatic carbocycles. The number of aliphatic hydroxyl groups is 1. The van der Waals surface area contributed by atoms with E-state index in [4.69, 9.17) is 5.11 Å². The number of aliphatic carboxylic acids is 2. The van der Waals surface area contributed by atoms with Crippen LogP contribution in [0.25, 0.3) is 0 Å². The Bertz CT molecular complexity index is 620. The first kappa shape index (κ1) is 19.7. The fourth-order valence-electron chi connectivity index (χ4n) is 5.18. The van der Waals surface area contributed by atoms with Crippen LogP contribution in [-0.2, 0) is 9.59 Å². The molecular formula is C20H30O5. The van der Waals surface area contributed by atoms with Crippen LogP contribution in [0.1, 0.15) is 59.8 Å². The number of carboxylic acids is 2. The number of aliphatic hydroxyl groups excluding tert-OH is 1. The average Bonchev–Trinajstić information content (AvgIpc) is 2.51. The quantitative estimate of drug-likeness (QED) is 0.520. The highest BCUT2D eigenvalue weighted by Crippen LogP contribution is 2.61. The normalized spacial score (nSPS) is 38.7. The predicted molar refractivity (Wildman–Crippen MR) is 95.1 cm³/mol. The Kier molecular flexibility index (Phi) is 5.47. The van der Waals surface area contributed by atoms with Crippen molar-refractivity contribution in [2.75, 3.05) is 0 Å². The molecule has 1 fully saturated rings. The topological polar surface area (TPSA) is 94.8 Å². The molecule has 0 aromatic rings. The molecule has 2 aliphatic carbocycles. The SMILES string of the molecule is CC1=CCC[C@@H]2[C@@](C)(CC/C(=C/C(=O)O)C(=O)O)[C@H](C)C[C@H](O)[C@@]12C. The molecule has 2 rings (SSSR count). The van der Waals surface area contributed by atoms with Crippen molar-refractivity contribution in [2.45, 2.75) is 65.9 Å². The van der Waals surface area contributed by atoms with Gasteiger partial charge in [0.1, 0.15) is 0 Å². The molecule has 0 unspecified atom stereocenters. The van der Waals surface area contributed by atoms with Crippen molar-refractivity contribution >= 4 is 11.9 Å². The summed E-state index contributed by atoms with van der Waals surface area (Å²) in [5, 5.41) is 29.0. The van der Waals surface area contributed by atoms with Gasteiger partial charge in [-0.15, -0.1) is 0 Å². The second kappa shape index (κ2) is 6.94. The first-order valence-corrected chi connectivity index (χ1v) is 9.05. The second-order valence-corrected chi connectivity index (χ2v) is 8.27. The molecule has 1 saturated carbocycles. The molecule has 0 saturated heterocycles. The maximum atomic E-state index is 11.4. The number of rotatable bonds is 5. The van der Waals surface area contributed by atoms with Crippen LogP contribution in [0.3, 0.4) is 0 Å². The van der Waals surface area contributed by atoms with Gasteiger partial charge in [-0.3, -0.25) is 0 Å². The van der Waals surface area contributed by atoms with Crippen molar-refractivity contribution in [1.29, 1.82) is 0 Å². The Morgan fingerprint density at radius 1 is 1.32 bits per heavy atom. The lowest BCUT2D eigenvalue weighted by molar-refractivity contribution is -0.136. The molecule has 140 valence electrons. The Balaban J connectivity index is 2.33. The van der Waals surface area contributed by atoms with E-state index in [1.807, 2.05) is 0 Å². The minimum absolute atomic E-state index is 0.0585. The van der Waals surface area contributed by atoms with E-state index in [1.54, 1.807) is 0 Å². The standard InChI is InChI=1S/C20H30O5/c1-12-6-5-7-15-19(3,13(2)10-16(21)20(12,15)4)9-8-14(18(24)25)11-17(22)23/h6,11,13,15-16,21H,5,7-10H2,1-4H3,(H,22,23)(H,24,25)/b14-11-/t13-,15-,16+,19+,20+/m1/s1. The lowest BCUT2D eigenvalue weighted by Gasteiger charge is -2.60. The molecule has 5 atom stereocenters. The third kappa shape index (κ3) is 3.39. The van der Waals surface area contributed by atoms with Crippen LogP contribution in [0, 0.1) is 22.7 Å². The number of hydrogen-bond donors (Lipinski definition) is 3. The zero-order chi connectivity index (χ0) is 19.0. The van der Waals surface area contributed by atoms with Crippen molar-refractivity contribution in [2.24, 2.45) is 22.7 Å². The van der Waals surface area contributed by atoms with Crippen LogP contribution in [0.5, 0.6) is 0 Å². The Morgan fingerprint density at radius 2 is 1.96 bits per heavy atom. The third-order valence-corrected chi connectivity index (χ3v) is 7.18. The van der Waals surface area contributed by atoms with Gasteiger partial charge in [0.15, 0.2) is 0 Å². The van der Waals surface area contributed by atoms with Crippen LogP contribution in [0.4, 0.5) is 0 Å². The van der Waals surface area contributed by atoms with Gasteiger partial charge in [0, 0.05) is 17.1 Å². The number of carboxylic acid groups (broad SMARTS) is 2. The summed E-state index contributed by atoms with van der Waals surface area (Å²) in [6, 6.07) is 0. The van der Waals surface area contributed by atoms with Crippen LogP contribution >= 0.6 is 0 Å². The molecule has 5 nitrogen and oxygen atoms in total. The molecule has 0 amide bonds. The first-order valence-electron chi connectivity index (χ1n) is 9.05. The van der Waals surface area contributed by atoms with Gasteiger partial charge in [0.25, 0.3) is 0 Å². The van der Waals surface area contributed by atoms with Gasteiger partial charge in [-0.25, -0.2) is 9.59 Å². The number of fused-ring (bicyclic) bond motifs is 1. The van der Waals surface area contributed by atoms with E-state index in [0.29, 0.717) is 12.8 Å². The van der Waals surface area contributed by atoms with Crippen molar-refractivity contribution in [3.8, 4) is 0 Å². The predicted octanol–water partition coefficient (Wildman–Crippen LogP) is 3.63. The smallest absolute Gasteiger partial charge is 0.331 e. The molecule has 0 heterocycles. The van der Waals surface area contributed by atoms with Crippen LogP contribution in [0.2, 0.25) is 0 Å².